The Morgan fingerprint density at radius 2 is 1.94 bits per heavy atom. The first kappa shape index (κ1) is 15.0. The number of carbonyl (C=O) groups is 1. The van der Waals surface area contributed by atoms with Crippen LogP contribution in [-0.2, 0) is 6.42 Å². The lowest BCUT2D eigenvalue weighted by molar-refractivity contribution is 0.0695. The summed E-state index contributed by atoms with van der Waals surface area (Å²) >= 11 is 6.18. The van der Waals surface area contributed by atoms with E-state index in [4.69, 9.17) is 11.6 Å². The quantitative estimate of drug-likeness (QED) is 0.857. The minimum Gasteiger partial charge on any atom is -0.478 e. The number of halogens is 1. The van der Waals surface area contributed by atoms with Gasteiger partial charge in [-0.15, -0.1) is 0 Å². The molecule has 0 aliphatic heterocycles. The molecular formula is C13H21ClN2O2. The molecule has 0 aromatic carbocycles. The second-order valence-corrected chi connectivity index (χ2v) is 5.29. The van der Waals surface area contributed by atoms with Gasteiger partial charge in [0.05, 0.1) is 11.7 Å². The van der Waals surface area contributed by atoms with E-state index in [-0.39, 0.29) is 16.8 Å². The summed E-state index contributed by atoms with van der Waals surface area (Å²) in [5.74, 6) is -0.642. The Balaban J connectivity index is 3.26. The highest BCUT2D eigenvalue weighted by Crippen LogP contribution is 2.28. The molecule has 0 fully saturated rings. The minimum atomic E-state index is -0.993. The van der Waals surface area contributed by atoms with Gasteiger partial charge >= 0.3 is 5.97 Å². The van der Waals surface area contributed by atoms with Gasteiger partial charge < -0.3 is 5.11 Å². The van der Waals surface area contributed by atoms with Crippen molar-refractivity contribution in [1.82, 2.24) is 9.78 Å². The van der Waals surface area contributed by atoms with E-state index < -0.39 is 5.97 Å². The van der Waals surface area contributed by atoms with Gasteiger partial charge in [-0.3, -0.25) is 0 Å². The lowest BCUT2D eigenvalue weighted by Crippen LogP contribution is -2.09. The maximum Gasteiger partial charge on any atom is 0.340 e. The summed E-state index contributed by atoms with van der Waals surface area (Å²) < 4.78 is 1.67. The van der Waals surface area contributed by atoms with E-state index in [1.165, 1.54) is 0 Å². The largest absolute Gasteiger partial charge is 0.478 e. The van der Waals surface area contributed by atoms with Crippen LogP contribution in [-0.4, -0.2) is 20.9 Å². The summed E-state index contributed by atoms with van der Waals surface area (Å²) in [6.07, 6.45) is 2.41. The number of nitrogens with zero attached hydrogens (tertiary/aromatic N) is 2. The van der Waals surface area contributed by atoms with E-state index in [2.05, 4.69) is 18.9 Å². The van der Waals surface area contributed by atoms with Crippen molar-refractivity contribution < 1.29 is 9.90 Å². The van der Waals surface area contributed by atoms with E-state index in [0.29, 0.717) is 18.0 Å². The van der Waals surface area contributed by atoms with Gasteiger partial charge in [0.25, 0.3) is 0 Å². The fraction of sp³-hybridized carbons (Fsp3) is 0.692. The molecule has 18 heavy (non-hydrogen) atoms. The van der Waals surface area contributed by atoms with Crippen molar-refractivity contribution in [2.24, 2.45) is 5.92 Å². The zero-order valence-corrected chi connectivity index (χ0v) is 12.2. The van der Waals surface area contributed by atoms with E-state index in [9.17, 15) is 9.90 Å². The first-order chi connectivity index (χ1) is 8.42. The molecule has 0 aliphatic rings. The molecule has 0 aliphatic carbocycles. The molecule has 0 saturated heterocycles. The monoisotopic (exact) mass is 272 g/mol. The molecule has 0 bridgehead atoms. The maximum atomic E-state index is 11.3. The van der Waals surface area contributed by atoms with Crippen molar-refractivity contribution in [1.29, 1.82) is 0 Å². The average molecular weight is 273 g/mol. The second kappa shape index (κ2) is 6.23. The van der Waals surface area contributed by atoms with Crippen molar-refractivity contribution in [2.45, 2.75) is 53.0 Å². The van der Waals surface area contributed by atoms with Crippen LogP contribution in [0, 0.1) is 5.92 Å². The molecule has 1 aromatic heterocycles. The molecule has 5 heteroatoms. The number of carboxylic acids is 1. The van der Waals surface area contributed by atoms with Crippen molar-refractivity contribution in [2.75, 3.05) is 0 Å². The molecule has 0 atom stereocenters. The molecule has 0 unspecified atom stereocenters. The number of carboxylic acid groups (broad SMARTS) is 1. The first-order valence-corrected chi connectivity index (χ1v) is 6.80. The van der Waals surface area contributed by atoms with Crippen LogP contribution >= 0.6 is 11.6 Å². The Kier molecular flexibility index (Phi) is 5.20. The fourth-order valence-corrected chi connectivity index (χ4v) is 2.44. The normalized spacial score (nSPS) is 11.5. The molecule has 1 N–H and O–H groups in total. The van der Waals surface area contributed by atoms with Gasteiger partial charge in [-0.25, -0.2) is 9.48 Å². The summed E-state index contributed by atoms with van der Waals surface area (Å²) in [4.78, 5) is 11.3. The van der Waals surface area contributed by atoms with Crippen molar-refractivity contribution >= 4 is 17.6 Å². The predicted molar refractivity (Wildman–Crippen MR) is 72.4 cm³/mol. The highest BCUT2D eigenvalue weighted by Gasteiger charge is 2.25. The second-order valence-electron chi connectivity index (χ2n) is 4.93. The lowest BCUT2D eigenvalue weighted by atomic mass is 10.1. The molecule has 102 valence electrons. The zero-order valence-electron chi connectivity index (χ0n) is 11.4. The lowest BCUT2D eigenvalue weighted by Gasteiger charge is -2.13. The third-order valence-electron chi connectivity index (χ3n) is 3.03. The van der Waals surface area contributed by atoms with Crippen LogP contribution in [0.5, 0.6) is 0 Å². The van der Waals surface area contributed by atoms with E-state index in [1.807, 2.05) is 13.8 Å². The number of hydrogen-bond acceptors (Lipinski definition) is 2. The van der Waals surface area contributed by atoms with Crippen LogP contribution in [0.15, 0.2) is 0 Å². The SMILES string of the molecule is CCC(CC)n1nc(CC(C)C)c(C(=O)O)c1Cl. The van der Waals surface area contributed by atoms with Gasteiger partial charge in [-0.1, -0.05) is 39.3 Å². The molecule has 0 saturated carbocycles. The summed E-state index contributed by atoms with van der Waals surface area (Å²) in [5.41, 5.74) is 0.756. The summed E-state index contributed by atoms with van der Waals surface area (Å²) in [5, 5.41) is 13.9. The molecule has 0 spiro atoms. The van der Waals surface area contributed by atoms with Crippen LogP contribution in [0.3, 0.4) is 0 Å². The summed E-state index contributed by atoms with van der Waals surface area (Å²) in [6.45, 7) is 8.18. The maximum absolute atomic E-state index is 11.3. The topological polar surface area (TPSA) is 55.1 Å². The van der Waals surface area contributed by atoms with Crippen molar-refractivity contribution in [3.63, 3.8) is 0 Å². The van der Waals surface area contributed by atoms with Crippen LogP contribution < -0.4 is 0 Å². The molecule has 4 nitrogen and oxygen atoms in total. The van der Waals surface area contributed by atoms with Gasteiger partial charge in [0.2, 0.25) is 0 Å². The Bertz CT molecular complexity index is 423. The Morgan fingerprint density at radius 3 is 2.33 bits per heavy atom. The molecule has 1 aromatic rings. The van der Waals surface area contributed by atoms with E-state index in [1.54, 1.807) is 4.68 Å². The third-order valence-corrected chi connectivity index (χ3v) is 3.39. The Labute approximate surface area is 113 Å². The van der Waals surface area contributed by atoms with Gasteiger partial charge in [0.1, 0.15) is 10.7 Å². The van der Waals surface area contributed by atoms with Gasteiger partial charge in [-0.05, 0) is 25.2 Å². The number of hydrogen-bond donors (Lipinski definition) is 1. The van der Waals surface area contributed by atoms with Crippen LogP contribution in [0.25, 0.3) is 0 Å². The molecule has 0 radical (unpaired) electrons. The smallest absolute Gasteiger partial charge is 0.340 e. The summed E-state index contributed by atoms with van der Waals surface area (Å²) in [7, 11) is 0. The zero-order chi connectivity index (χ0) is 13.9. The Hall–Kier alpha value is -1.03. The minimum absolute atomic E-state index is 0.163. The van der Waals surface area contributed by atoms with E-state index in [0.717, 1.165) is 12.8 Å². The third kappa shape index (κ3) is 3.05. The van der Waals surface area contributed by atoms with Gasteiger partial charge in [-0.2, -0.15) is 5.10 Å². The molecular weight excluding hydrogens is 252 g/mol. The first-order valence-electron chi connectivity index (χ1n) is 6.42. The van der Waals surface area contributed by atoms with Crippen LogP contribution in [0.4, 0.5) is 0 Å². The average Bonchev–Trinajstić information content (AvgIpc) is 2.57. The van der Waals surface area contributed by atoms with Crippen molar-refractivity contribution in [3.8, 4) is 0 Å². The number of aromatic nitrogens is 2. The van der Waals surface area contributed by atoms with Crippen molar-refractivity contribution in [3.05, 3.63) is 16.4 Å². The standard InChI is InChI=1S/C13H21ClN2O2/c1-5-9(6-2)16-12(14)11(13(17)18)10(15-16)7-8(3)4/h8-9H,5-7H2,1-4H3,(H,17,18). The number of rotatable bonds is 6. The van der Waals surface area contributed by atoms with Crippen LogP contribution in [0.1, 0.15) is 62.6 Å². The van der Waals surface area contributed by atoms with Gasteiger partial charge in [0.15, 0.2) is 0 Å². The fourth-order valence-electron chi connectivity index (χ4n) is 2.08. The van der Waals surface area contributed by atoms with Crippen LogP contribution in [0.2, 0.25) is 5.15 Å². The predicted octanol–water partition coefficient (Wildman–Crippen LogP) is 3.79. The van der Waals surface area contributed by atoms with E-state index >= 15 is 0 Å². The highest BCUT2D eigenvalue weighted by molar-refractivity contribution is 6.32. The highest BCUT2D eigenvalue weighted by atomic mass is 35.5. The molecule has 1 rings (SSSR count). The Morgan fingerprint density at radius 1 is 1.39 bits per heavy atom. The molecule has 1 heterocycles. The van der Waals surface area contributed by atoms with Gasteiger partial charge in [0, 0.05) is 0 Å². The molecule has 0 amide bonds. The number of aromatic carboxylic acids is 1. The summed E-state index contributed by atoms with van der Waals surface area (Å²) in [6, 6.07) is 0.163.